The molecule has 5 nitrogen and oxygen atoms in total. The van der Waals surface area contributed by atoms with E-state index in [-0.39, 0.29) is 13.2 Å². The predicted molar refractivity (Wildman–Crippen MR) is 108 cm³/mol. The van der Waals surface area contributed by atoms with Crippen molar-refractivity contribution in [1.29, 1.82) is 0 Å². The molecule has 148 valence electrons. The van der Waals surface area contributed by atoms with Gasteiger partial charge in [-0.15, -0.1) is 0 Å². The van der Waals surface area contributed by atoms with Gasteiger partial charge in [-0.05, 0) is 61.3 Å². The average molecular weight is 373 g/mol. The quantitative estimate of drug-likeness (QED) is 0.463. The van der Waals surface area contributed by atoms with E-state index in [0.29, 0.717) is 28.1 Å². The minimum atomic E-state index is -0.476. The first kappa shape index (κ1) is 22.6. The molecule has 0 spiro atoms. The third-order valence-corrected chi connectivity index (χ3v) is 4.04. The minimum Gasteiger partial charge on any atom is -0.462 e. The second kappa shape index (κ2) is 10.7. The number of ether oxygens (including phenoxy) is 2. The van der Waals surface area contributed by atoms with Gasteiger partial charge in [-0.25, -0.2) is 9.59 Å². The number of carbonyl (C=O) groups excluding carboxylic acids is 2. The molecule has 0 amide bonds. The van der Waals surface area contributed by atoms with Gasteiger partial charge in [0.1, 0.15) is 0 Å². The van der Waals surface area contributed by atoms with Crippen molar-refractivity contribution < 1.29 is 19.1 Å². The van der Waals surface area contributed by atoms with Crippen LogP contribution in [0.3, 0.4) is 0 Å². The molecule has 5 heteroatoms. The number of carbonyl (C=O) groups is 2. The Bertz CT molecular complexity index is 714. The van der Waals surface area contributed by atoms with Crippen LogP contribution in [0.1, 0.15) is 85.1 Å². The normalized spacial score (nSPS) is 11.1. The molecule has 0 aliphatic carbocycles. The summed E-state index contributed by atoms with van der Waals surface area (Å²) in [5, 5.41) is 0. The molecule has 0 atom stereocenters. The Hall–Kier alpha value is -2.43. The molecule has 0 aliphatic rings. The summed E-state index contributed by atoms with van der Waals surface area (Å²) in [4.78, 5) is 29.5. The van der Waals surface area contributed by atoms with E-state index < -0.39 is 11.9 Å². The van der Waals surface area contributed by atoms with Crippen LogP contribution in [0.2, 0.25) is 0 Å². The van der Waals surface area contributed by atoms with Crippen LogP contribution in [-0.4, -0.2) is 30.1 Å². The summed E-state index contributed by atoms with van der Waals surface area (Å²) in [6.07, 6.45) is 5.78. The lowest BCUT2D eigenvalue weighted by Crippen LogP contribution is -2.18. The lowest BCUT2D eigenvalue weighted by atomic mass is 9.95. The maximum absolute atomic E-state index is 12.6. The second-order valence-corrected chi connectivity index (χ2v) is 6.70. The van der Waals surface area contributed by atoms with Gasteiger partial charge in [0.05, 0.1) is 35.7 Å². The van der Waals surface area contributed by atoms with E-state index in [2.05, 4.69) is 24.9 Å². The monoisotopic (exact) mass is 373 g/mol. The van der Waals surface area contributed by atoms with Crippen molar-refractivity contribution in [3.8, 4) is 0 Å². The molecule has 0 aliphatic heterocycles. The molecule has 1 aromatic rings. The molecule has 1 heterocycles. The highest BCUT2D eigenvalue weighted by Crippen LogP contribution is 2.26. The Morgan fingerprint density at radius 1 is 0.926 bits per heavy atom. The molecule has 0 fully saturated rings. The van der Waals surface area contributed by atoms with Crippen LogP contribution in [0.4, 0.5) is 0 Å². The van der Waals surface area contributed by atoms with E-state index in [1.54, 1.807) is 27.7 Å². The van der Waals surface area contributed by atoms with E-state index >= 15 is 0 Å². The van der Waals surface area contributed by atoms with Crippen molar-refractivity contribution in [1.82, 2.24) is 4.98 Å². The van der Waals surface area contributed by atoms with E-state index in [0.717, 1.165) is 18.4 Å². The molecule has 0 radical (unpaired) electrons. The summed E-state index contributed by atoms with van der Waals surface area (Å²) < 4.78 is 10.4. The summed E-state index contributed by atoms with van der Waals surface area (Å²) in [6, 6.07) is 0. The summed E-state index contributed by atoms with van der Waals surface area (Å²) in [5.41, 5.74) is 4.60. The van der Waals surface area contributed by atoms with Crippen molar-refractivity contribution in [3.63, 3.8) is 0 Å². The standard InChI is InChI=1S/C22H31NO4/c1-8-26-21(24)19-16(6)23-17(7)20(22(25)27-9-2)18(19)13-15(5)12-10-11-14(3)4/h11,13H,8-10,12H2,1-7H3/b15-13+. The maximum atomic E-state index is 12.6. The number of hydrogen-bond acceptors (Lipinski definition) is 5. The molecular formula is C22H31NO4. The third-order valence-electron chi connectivity index (χ3n) is 4.04. The molecule has 27 heavy (non-hydrogen) atoms. The lowest BCUT2D eigenvalue weighted by Gasteiger charge is -2.16. The minimum absolute atomic E-state index is 0.254. The number of hydrogen-bond donors (Lipinski definition) is 0. The summed E-state index contributed by atoms with van der Waals surface area (Å²) in [6.45, 7) is 13.6. The van der Waals surface area contributed by atoms with Crippen molar-refractivity contribution in [2.75, 3.05) is 13.2 Å². The van der Waals surface area contributed by atoms with Crippen molar-refractivity contribution in [2.24, 2.45) is 0 Å². The summed E-state index contributed by atoms with van der Waals surface area (Å²) in [5.74, 6) is -0.951. The van der Waals surface area contributed by atoms with Gasteiger partial charge in [0.15, 0.2) is 0 Å². The zero-order valence-electron chi connectivity index (χ0n) is 17.6. The lowest BCUT2D eigenvalue weighted by molar-refractivity contribution is 0.0522. The number of nitrogens with zero attached hydrogens (tertiary/aromatic N) is 1. The van der Waals surface area contributed by atoms with Gasteiger partial charge in [-0.1, -0.05) is 23.3 Å². The van der Waals surface area contributed by atoms with Gasteiger partial charge in [0.2, 0.25) is 0 Å². The fourth-order valence-corrected chi connectivity index (χ4v) is 2.85. The van der Waals surface area contributed by atoms with Crippen LogP contribution >= 0.6 is 0 Å². The van der Waals surface area contributed by atoms with Gasteiger partial charge in [0, 0.05) is 5.56 Å². The summed E-state index contributed by atoms with van der Waals surface area (Å²) >= 11 is 0. The van der Waals surface area contributed by atoms with E-state index in [1.165, 1.54) is 5.57 Å². The average Bonchev–Trinajstić information content (AvgIpc) is 2.54. The van der Waals surface area contributed by atoms with Crippen molar-refractivity contribution in [2.45, 2.75) is 61.3 Å². The van der Waals surface area contributed by atoms with Crippen LogP contribution in [0.5, 0.6) is 0 Å². The van der Waals surface area contributed by atoms with E-state index in [1.807, 2.05) is 13.0 Å². The SMILES string of the molecule is CCOC(=O)c1c(C)nc(C)c(C(=O)OCC)c1/C=C(\C)CCC=C(C)C. The predicted octanol–water partition coefficient (Wildman–Crippen LogP) is 5.20. The molecule has 0 bridgehead atoms. The Balaban J connectivity index is 3.55. The first-order chi connectivity index (χ1) is 12.7. The number of esters is 2. The number of pyridine rings is 1. The third kappa shape index (κ3) is 6.35. The van der Waals surface area contributed by atoms with Gasteiger partial charge < -0.3 is 9.47 Å². The van der Waals surface area contributed by atoms with Crippen LogP contribution in [0, 0.1) is 13.8 Å². The van der Waals surface area contributed by atoms with Crippen molar-refractivity contribution >= 4 is 18.0 Å². The molecule has 0 N–H and O–H groups in total. The zero-order valence-corrected chi connectivity index (χ0v) is 17.6. The van der Waals surface area contributed by atoms with Gasteiger partial charge in [0.25, 0.3) is 0 Å². The summed E-state index contributed by atoms with van der Waals surface area (Å²) in [7, 11) is 0. The van der Waals surface area contributed by atoms with E-state index in [9.17, 15) is 9.59 Å². The highest BCUT2D eigenvalue weighted by Gasteiger charge is 2.25. The molecule has 0 saturated heterocycles. The van der Waals surface area contributed by atoms with Crippen molar-refractivity contribution in [3.05, 3.63) is 45.3 Å². The molecule has 1 rings (SSSR count). The van der Waals surface area contributed by atoms with E-state index in [4.69, 9.17) is 9.47 Å². The Labute approximate surface area is 162 Å². The fourth-order valence-electron chi connectivity index (χ4n) is 2.85. The van der Waals surface area contributed by atoms with Gasteiger partial charge >= 0.3 is 11.9 Å². The number of rotatable bonds is 8. The molecule has 0 aromatic carbocycles. The highest BCUT2D eigenvalue weighted by molar-refractivity contribution is 6.02. The Morgan fingerprint density at radius 2 is 1.41 bits per heavy atom. The zero-order chi connectivity index (χ0) is 20.6. The number of aryl methyl sites for hydroxylation is 2. The largest absolute Gasteiger partial charge is 0.462 e. The molecular weight excluding hydrogens is 342 g/mol. The van der Waals surface area contributed by atoms with Crippen LogP contribution < -0.4 is 0 Å². The number of allylic oxidation sites excluding steroid dienone is 3. The van der Waals surface area contributed by atoms with Gasteiger partial charge in [-0.2, -0.15) is 0 Å². The van der Waals surface area contributed by atoms with Crippen LogP contribution in [-0.2, 0) is 9.47 Å². The second-order valence-electron chi connectivity index (χ2n) is 6.70. The Kier molecular flexibility index (Phi) is 8.92. The van der Waals surface area contributed by atoms with Crippen LogP contribution in [0.25, 0.3) is 6.08 Å². The topological polar surface area (TPSA) is 65.5 Å². The highest BCUT2D eigenvalue weighted by atomic mass is 16.5. The molecule has 1 aromatic heterocycles. The smallest absolute Gasteiger partial charge is 0.340 e. The maximum Gasteiger partial charge on any atom is 0.340 e. The fraction of sp³-hybridized carbons (Fsp3) is 0.500. The molecule has 0 saturated carbocycles. The first-order valence-electron chi connectivity index (χ1n) is 9.38. The molecule has 0 unspecified atom stereocenters. The van der Waals surface area contributed by atoms with Gasteiger partial charge in [-0.3, -0.25) is 4.98 Å². The Morgan fingerprint density at radius 3 is 1.81 bits per heavy atom. The van der Waals surface area contributed by atoms with Crippen LogP contribution in [0.15, 0.2) is 17.2 Å². The first-order valence-corrected chi connectivity index (χ1v) is 9.38. The number of aromatic nitrogens is 1.